The number of anilines is 3. The van der Waals surface area contributed by atoms with Gasteiger partial charge in [0.05, 0.1) is 27.8 Å². The second-order valence-corrected chi connectivity index (χ2v) is 14.2. The van der Waals surface area contributed by atoms with Crippen LogP contribution in [0.4, 0.5) is 17.1 Å². The van der Waals surface area contributed by atoms with Crippen molar-refractivity contribution >= 4 is 71.4 Å². The molecule has 0 aliphatic carbocycles. The van der Waals surface area contributed by atoms with E-state index in [1.165, 1.54) is 65.5 Å². The zero-order chi connectivity index (χ0) is 36.3. The fraction of sp³-hybridized carbons (Fsp3) is 0. The van der Waals surface area contributed by atoms with E-state index in [-0.39, 0.29) is 0 Å². The molecule has 0 spiro atoms. The lowest BCUT2D eigenvalue weighted by atomic mass is 9.98. The van der Waals surface area contributed by atoms with Crippen LogP contribution in [-0.4, -0.2) is 9.13 Å². The zero-order valence-corrected chi connectivity index (χ0v) is 30.0. The number of hydrogen-bond acceptors (Lipinski definition) is 1. The van der Waals surface area contributed by atoms with Gasteiger partial charge in [0.2, 0.25) is 0 Å². The first-order valence-corrected chi connectivity index (χ1v) is 18.9. The van der Waals surface area contributed by atoms with Crippen LogP contribution in [0.1, 0.15) is 0 Å². The quantitative estimate of drug-likeness (QED) is 0.168. The van der Waals surface area contributed by atoms with Gasteiger partial charge >= 0.3 is 0 Å². The fourth-order valence-electron chi connectivity index (χ4n) is 8.69. The topological polar surface area (TPSA) is 13.1 Å². The van der Waals surface area contributed by atoms with E-state index in [1.807, 2.05) is 0 Å². The van der Waals surface area contributed by atoms with Gasteiger partial charge < -0.3 is 14.0 Å². The minimum absolute atomic E-state index is 1.10. The van der Waals surface area contributed by atoms with Crippen LogP contribution in [0.2, 0.25) is 0 Å². The Morgan fingerprint density at radius 3 is 1.60 bits per heavy atom. The Bertz CT molecular complexity index is 3180. The predicted octanol–water partition coefficient (Wildman–Crippen LogP) is 14.2. The molecule has 11 rings (SSSR count). The maximum absolute atomic E-state index is 2.42. The van der Waals surface area contributed by atoms with Gasteiger partial charge in [0.25, 0.3) is 0 Å². The molecule has 0 aliphatic heterocycles. The van der Waals surface area contributed by atoms with Gasteiger partial charge in [-0.3, -0.25) is 0 Å². The van der Waals surface area contributed by atoms with Crippen LogP contribution in [0.3, 0.4) is 0 Å². The van der Waals surface area contributed by atoms with E-state index < -0.39 is 0 Å². The minimum atomic E-state index is 1.10. The highest BCUT2D eigenvalue weighted by atomic mass is 15.1. The molecular weight excluding hydrogens is 667 g/mol. The van der Waals surface area contributed by atoms with Crippen molar-refractivity contribution in [2.45, 2.75) is 0 Å². The molecule has 0 aliphatic rings. The number of fused-ring (bicyclic) bond motifs is 7. The van der Waals surface area contributed by atoms with Crippen LogP contribution in [0.25, 0.3) is 76.9 Å². The van der Waals surface area contributed by atoms with Crippen molar-refractivity contribution in [3.05, 3.63) is 212 Å². The van der Waals surface area contributed by atoms with Gasteiger partial charge in [-0.1, -0.05) is 140 Å². The Morgan fingerprint density at radius 2 is 0.855 bits per heavy atom. The molecule has 2 aromatic heterocycles. The van der Waals surface area contributed by atoms with Crippen LogP contribution >= 0.6 is 0 Å². The second-order valence-electron chi connectivity index (χ2n) is 14.2. The van der Waals surface area contributed by atoms with E-state index in [0.29, 0.717) is 0 Å². The van der Waals surface area contributed by atoms with Crippen LogP contribution in [-0.2, 0) is 0 Å². The first-order chi connectivity index (χ1) is 27.3. The average molecular weight is 702 g/mol. The maximum Gasteiger partial charge on any atom is 0.0561 e. The summed E-state index contributed by atoms with van der Waals surface area (Å²) in [5.41, 5.74) is 12.8. The van der Waals surface area contributed by atoms with Gasteiger partial charge in [0.1, 0.15) is 0 Å². The summed E-state index contributed by atoms with van der Waals surface area (Å²) in [7, 11) is 0. The molecule has 0 saturated heterocycles. The molecule has 3 heteroatoms. The van der Waals surface area contributed by atoms with Crippen molar-refractivity contribution in [1.82, 2.24) is 9.13 Å². The normalized spacial score (nSPS) is 11.6. The van der Waals surface area contributed by atoms with Crippen molar-refractivity contribution in [1.29, 1.82) is 0 Å². The van der Waals surface area contributed by atoms with Gasteiger partial charge in [0.15, 0.2) is 0 Å². The molecule has 2 heterocycles. The van der Waals surface area contributed by atoms with Crippen LogP contribution in [0.5, 0.6) is 0 Å². The van der Waals surface area contributed by atoms with Crippen molar-refractivity contribution in [3.8, 4) is 22.5 Å². The smallest absolute Gasteiger partial charge is 0.0561 e. The predicted molar refractivity (Wildman–Crippen MR) is 233 cm³/mol. The number of aromatic nitrogens is 2. The van der Waals surface area contributed by atoms with E-state index in [1.54, 1.807) is 0 Å². The summed E-state index contributed by atoms with van der Waals surface area (Å²) in [5, 5.41) is 7.41. The molecule has 0 N–H and O–H groups in total. The lowest BCUT2D eigenvalue weighted by Crippen LogP contribution is -2.10. The van der Waals surface area contributed by atoms with Gasteiger partial charge in [-0.15, -0.1) is 0 Å². The number of hydrogen-bond donors (Lipinski definition) is 0. The monoisotopic (exact) mass is 701 g/mol. The third kappa shape index (κ3) is 4.98. The standard InChI is InChI=1S/C52H35N3/c1-3-17-38(18-4-1)54-49-26-12-10-23-46(49)52-43(24-14-28-50(52)54)37-29-31-40(32-30-37)53(47-27-13-16-36-15-7-8-21-42(36)47)41-33-34-45-44-22-9-11-25-48(44)55(51(45)35-41)39-19-5-2-6-20-39/h1-35H. The molecule has 0 radical (unpaired) electrons. The summed E-state index contributed by atoms with van der Waals surface area (Å²) in [5.74, 6) is 0. The zero-order valence-electron chi connectivity index (χ0n) is 30.0. The van der Waals surface area contributed by atoms with Crippen molar-refractivity contribution < 1.29 is 0 Å². The highest BCUT2D eigenvalue weighted by molar-refractivity contribution is 6.16. The molecule has 0 atom stereocenters. The summed E-state index contributed by atoms with van der Waals surface area (Å²) in [6, 6.07) is 76.9. The summed E-state index contributed by atoms with van der Waals surface area (Å²) < 4.78 is 4.78. The summed E-state index contributed by atoms with van der Waals surface area (Å²) in [4.78, 5) is 2.42. The van der Waals surface area contributed by atoms with Crippen molar-refractivity contribution in [2.75, 3.05) is 4.90 Å². The van der Waals surface area contributed by atoms with Gasteiger partial charge in [-0.05, 0) is 89.3 Å². The minimum Gasteiger partial charge on any atom is -0.310 e. The molecule has 258 valence electrons. The van der Waals surface area contributed by atoms with Crippen molar-refractivity contribution in [3.63, 3.8) is 0 Å². The first-order valence-electron chi connectivity index (χ1n) is 18.9. The summed E-state index contributed by atoms with van der Waals surface area (Å²) in [6.45, 7) is 0. The lowest BCUT2D eigenvalue weighted by molar-refractivity contribution is 1.18. The largest absolute Gasteiger partial charge is 0.310 e. The molecule has 11 aromatic rings. The molecule has 0 fully saturated rings. The molecular formula is C52H35N3. The first kappa shape index (κ1) is 31.2. The molecule has 0 saturated carbocycles. The Hall–Kier alpha value is -7.36. The average Bonchev–Trinajstić information content (AvgIpc) is 3.78. The number of para-hydroxylation sites is 4. The second kappa shape index (κ2) is 12.6. The molecule has 0 amide bonds. The van der Waals surface area contributed by atoms with Crippen LogP contribution < -0.4 is 4.90 Å². The summed E-state index contributed by atoms with van der Waals surface area (Å²) >= 11 is 0. The van der Waals surface area contributed by atoms with E-state index >= 15 is 0 Å². The highest BCUT2D eigenvalue weighted by Crippen LogP contribution is 2.44. The van der Waals surface area contributed by atoms with Crippen LogP contribution in [0, 0.1) is 0 Å². The number of benzene rings is 9. The van der Waals surface area contributed by atoms with E-state index in [2.05, 4.69) is 226 Å². The van der Waals surface area contributed by atoms with Gasteiger partial charge in [0, 0.05) is 49.7 Å². The molecule has 9 aromatic carbocycles. The number of nitrogens with zero attached hydrogens (tertiary/aromatic N) is 3. The van der Waals surface area contributed by atoms with Crippen LogP contribution in [0.15, 0.2) is 212 Å². The molecule has 0 unspecified atom stereocenters. The Morgan fingerprint density at radius 1 is 0.327 bits per heavy atom. The molecule has 3 nitrogen and oxygen atoms in total. The lowest BCUT2D eigenvalue weighted by Gasteiger charge is -2.27. The summed E-state index contributed by atoms with van der Waals surface area (Å²) in [6.07, 6.45) is 0. The third-order valence-corrected chi connectivity index (χ3v) is 11.1. The molecule has 0 bridgehead atoms. The maximum atomic E-state index is 2.42. The Balaban J connectivity index is 1.11. The highest BCUT2D eigenvalue weighted by Gasteiger charge is 2.20. The Labute approximate surface area is 319 Å². The van der Waals surface area contributed by atoms with Gasteiger partial charge in [-0.25, -0.2) is 0 Å². The van der Waals surface area contributed by atoms with E-state index in [9.17, 15) is 0 Å². The van der Waals surface area contributed by atoms with Crippen molar-refractivity contribution in [2.24, 2.45) is 0 Å². The third-order valence-electron chi connectivity index (χ3n) is 11.1. The number of rotatable bonds is 6. The molecule has 55 heavy (non-hydrogen) atoms. The van der Waals surface area contributed by atoms with Gasteiger partial charge in [-0.2, -0.15) is 0 Å². The SMILES string of the molecule is c1ccc(-n2c3ccccc3c3ccc(N(c4ccc(-c5cccc6c5c5ccccc5n6-c5ccccc5)cc4)c4cccc5ccccc45)cc32)cc1. The van der Waals surface area contributed by atoms with E-state index in [4.69, 9.17) is 0 Å². The Kier molecular flexibility index (Phi) is 7.17. The fourth-order valence-corrected chi connectivity index (χ4v) is 8.69. The van der Waals surface area contributed by atoms with E-state index in [0.717, 1.165) is 28.4 Å².